The first kappa shape index (κ1) is 14.6. The fraction of sp³-hybridized carbons (Fsp3) is 0.316. The number of nitrogens with one attached hydrogen (secondary N) is 1. The van der Waals surface area contributed by atoms with Crippen molar-refractivity contribution in [2.75, 3.05) is 10.2 Å². The summed E-state index contributed by atoms with van der Waals surface area (Å²) in [4.78, 5) is 15.0. The lowest BCUT2D eigenvalue weighted by Gasteiger charge is -2.47. The Balaban J connectivity index is 2.13. The Morgan fingerprint density at radius 2 is 1.68 bits per heavy atom. The zero-order valence-corrected chi connectivity index (χ0v) is 13.3. The van der Waals surface area contributed by atoms with E-state index in [1.165, 1.54) is 0 Å². The predicted molar refractivity (Wildman–Crippen MR) is 91.2 cm³/mol. The van der Waals surface area contributed by atoms with E-state index in [-0.39, 0.29) is 5.91 Å². The lowest BCUT2D eigenvalue weighted by Crippen LogP contribution is -2.59. The number of hydrogen-bond donors (Lipinski definition) is 1. The third-order valence-electron chi connectivity index (χ3n) is 4.08. The van der Waals surface area contributed by atoms with E-state index in [4.69, 9.17) is 0 Å². The molecule has 3 heteroatoms. The molecule has 1 heterocycles. The molecule has 0 saturated carbocycles. The number of benzene rings is 2. The van der Waals surface area contributed by atoms with Crippen LogP contribution in [-0.4, -0.2) is 11.6 Å². The summed E-state index contributed by atoms with van der Waals surface area (Å²) in [5.41, 5.74) is 2.15. The Morgan fingerprint density at radius 3 is 2.36 bits per heavy atom. The normalized spacial score (nSPS) is 20.7. The first-order chi connectivity index (χ1) is 10.5. The van der Waals surface area contributed by atoms with Crippen LogP contribution in [0.3, 0.4) is 0 Å². The number of amides is 1. The molecule has 1 N–H and O–H groups in total. The van der Waals surface area contributed by atoms with Crippen molar-refractivity contribution in [3.05, 3.63) is 60.2 Å². The van der Waals surface area contributed by atoms with Crippen LogP contribution in [-0.2, 0) is 0 Å². The van der Waals surface area contributed by atoms with Gasteiger partial charge in [-0.3, -0.25) is 9.69 Å². The summed E-state index contributed by atoms with van der Waals surface area (Å²) in [5.74, 6) is 0.533. The number of carbonyl (C=O) groups excluding carboxylic acids is 1. The highest BCUT2D eigenvalue weighted by molar-refractivity contribution is 6.12. The Labute approximate surface area is 132 Å². The lowest BCUT2D eigenvalue weighted by molar-refractivity contribution is 0.0951. The highest BCUT2D eigenvalue weighted by Gasteiger charge is 2.42. The quantitative estimate of drug-likeness (QED) is 0.902. The van der Waals surface area contributed by atoms with Crippen LogP contribution in [0.4, 0.5) is 11.4 Å². The number of fused-ring (bicyclic) bond motifs is 1. The summed E-state index contributed by atoms with van der Waals surface area (Å²) in [5, 5.41) is 3.59. The second-order valence-corrected chi connectivity index (χ2v) is 6.52. The Bertz CT molecular complexity index is 681. The van der Waals surface area contributed by atoms with Crippen molar-refractivity contribution in [2.24, 2.45) is 5.92 Å². The van der Waals surface area contributed by atoms with E-state index >= 15 is 0 Å². The highest BCUT2D eigenvalue weighted by Crippen LogP contribution is 2.37. The molecule has 0 bridgehead atoms. The third kappa shape index (κ3) is 2.47. The molecule has 114 valence electrons. The molecule has 1 amide bonds. The molecule has 3 nitrogen and oxygen atoms in total. The maximum atomic E-state index is 13.1. The monoisotopic (exact) mass is 294 g/mol. The van der Waals surface area contributed by atoms with E-state index in [0.29, 0.717) is 5.92 Å². The topological polar surface area (TPSA) is 32.3 Å². The molecule has 1 aliphatic heterocycles. The number of hydrogen-bond acceptors (Lipinski definition) is 2. The molecule has 1 aliphatic rings. The molecular weight excluding hydrogens is 272 g/mol. The molecule has 0 radical (unpaired) electrons. The van der Waals surface area contributed by atoms with Gasteiger partial charge in [-0.15, -0.1) is 0 Å². The molecule has 0 aliphatic carbocycles. The Hall–Kier alpha value is -2.29. The number of carbonyl (C=O) groups is 1. The van der Waals surface area contributed by atoms with Gasteiger partial charge in [-0.05, 0) is 43.5 Å². The minimum Gasteiger partial charge on any atom is -0.362 e. The van der Waals surface area contributed by atoms with Crippen molar-refractivity contribution in [2.45, 2.75) is 32.9 Å². The molecule has 0 fully saturated rings. The Morgan fingerprint density at radius 1 is 1.05 bits per heavy atom. The van der Waals surface area contributed by atoms with Crippen molar-refractivity contribution in [3.63, 3.8) is 0 Å². The van der Waals surface area contributed by atoms with E-state index in [0.717, 1.165) is 23.4 Å². The zero-order chi connectivity index (χ0) is 15.7. The molecule has 2 aromatic carbocycles. The Kier molecular flexibility index (Phi) is 3.65. The number of nitrogens with zero attached hydrogens (tertiary/aromatic N) is 1. The standard InChI is InChI=1S/C19H22N2O/c1-14(2)13-19(3)20-17-12-8-7-11-16(17)18(22)21(19)15-9-5-4-6-10-15/h4-12,14,20H,13H2,1-3H3/t19-/m1/s1. The van der Waals surface area contributed by atoms with Crippen LogP contribution in [0.2, 0.25) is 0 Å². The minimum absolute atomic E-state index is 0.0590. The van der Waals surface area contributed by atoms with Gasteiger partial charge in [-0.25, -0.2) is 0 Å². The fourth-order valence-electron chi connectivity index (χ4n) is 3.39. The lowest BCUT2D eigenvalue weighted by atomic mass is 9.92. The molecule has 3 rings (SSSR count). The summed E-state index contributed by atoms with van der Waals surface area (Å²) >= 11 is 0. The molecule has 2 aromatic rings. The first-order valence-corrected chi connectivity index (χ1v) is 7.78. The van der Waals surface area contributed by atoms with Crippen molar-refractivity contribution in [1.82, 2.24) is 0 Å². The maximum absolute atomic E-state index is 13.1. The predicted octanol–water partition coefficient (Wildman–Crippen LogP) is 4.52. The van der Waals surface area contributed by atoms with Gasteiger partial charge in [0.25, 0.3) is 5.91 Å². The van der Waals surface area contributed by atoms with Crippen molar-refractivity contribution >= 4 is 17.3 Å². The molecular formula is C19H22N2O. The van der Waals surface area contributed by atoms with Crippen LogP contribution in [0.25, 0.3) is 0 Å². The second-order valence-electron chi connectivity index (χ2n) is 6.52. The number of anilines is 2. The second kappa shape index (κ2) is 5.48. The van der Waals surface area contributed by atoms with Gasteiger partial charge in [-0.2, -0.15) is 0 Å². The van der Waals surface area contributed by atoms with Gasteiger partial charge in [0.05, 0.1) is 5.56 Å². The average molecular weight is 294 g/mol. The number of para-hydroxylation sites is 2. The van der Waals surface area contributed by atoms with E-state index in [1.807, 2.05) is 59.5 Å². The minimum atomic E-state index is -0.430. The van der Waals surface area contributed by atoms with Crippen LogP contribution in [0.1, 0.15) is 37.6 Å². The van der Waals surface area contributed by atoms with E-state index in [9.17, 15) is 4.79 Å². The van der Waals surface area contributed by atoms with Gasteiger partial charge in [0.15, 0.2) is 0 Å². The third-order valence-corrected chi connectivity index (χ3v) is 4.08. The average Bonchev–Trinajstić information content (AvgIpc) is 2.47. The molecule has 0 saturated heterocycles. The van der Waals surface area contributed by atoms with Crippen molar-refractivity contribution in [1.29, 1.82) is 0 Å². The van der Waals surface area contributed by atoms with Gasteiger partial charge >= 0.3 is 0 Å². The zero-order valence-electron chi connectivity index (χ0n) is 13.3. The molecule has 0 spiro atoms. The summed E-state index contributed by atoms with van der Waals surface area (Å²) in [6, 6.07) is 17.6. The van der Waals surface area contributed by atoms with Crippen LogP contribution >= 0.6 is 0 Å². The summed E-state index contributed by atoms with van der Waals surface area (Å²) in [6.45, 7) is 6.47. The van der Waals surface area contributed by atoms with Gasteiger partial charge in [-0.1, -0.05) is 44.2 Å². The SMILES string of the molecule is CC(C)C[C@]1(C)Nc2ccccc2C(=O)N1c1ccccc1. The smallest absolute Gasteiger partial charge is 0.262 e. The number of rotatable bonds is 3. The van der Waals surface area contributed by atoms with Crippen LogP contribution in [0.15, 0.2) is 54.6 Å². The van der Waals surface area contributed by atoms with Crippen molar-refractivity contribution in [3.8, 4) is 0 Å². The first-order valence-electron chi connectivity index (χ1n) is 7.78. The molecule has 22 heavy (non-hydrogen) atoms. The fourth-order valence-corrected chi connectivity index (χ4v) is 3.39. The van der Waals surface area contributed by atoms with Crippen LogP contribution in [0.5, 0.6) is 0 Å². The van der Waals surface area contributed by atoms with Gasteiger partial charge in [0.1, 0.15) is 5.66 Å². The van der Waals surface area contributed by atoms with Crippen LogP contribution < -0.4 is 10.2 Å². The summed E-state index contributed by atoms with van der Waals surface area (Å²) < 4.78 is 0. The summed E-state index contributed by atoms with van der Waals surface area (Å²) in [7, 11) is 0. The molecule has 0 unspecified atom stereocenters. The molecule has 0 aromatic heterocycles. The van der Waals surface area contributed by atoms with E-state index in [2.05, 4.69) is 26.1 Å². The van der Waals surface area contributed by atoms with Gasteiger partial charge in [0, 0.05) is 11.4 Å². The summed E-state index contributed by atoms with van der Waals surface area (Å²) in [6.07, 6.45) is 0.877. The van der Waals surface area contributed by atoms with Crippen LogP contribution in [0, 0.1) is 5.92 Å². The van der Waals surface area contributed by atoms with E-state index < -0.39 is 5.66 Å². The van der Waals surface area contributed by atoms with E-state index in [1.54, 1.807) is 0 Å². The molecule has 1 atom stereocenters. The maximum Gasteiger partial charge on any atom is 0.262 e. The van der Waals surface area contributed by atoms with Gasteiger partial charge < -0.3 is 5.32 Å². The largest absolute Gasteiger partial charge is 0.362 e. The van der Waals surface area contributed by atoms with Crippen molar-refractivity contribution < 1.29 is 4.79 Å². The highest BCUT2D eigenvalue weighted by atomic mass is 16.2. The van der Waals surface area contributed by atoms with Gasteiger partial charge in [0.2, 0.25) is 0 Å².